The third-order valence-electron chi connectivity index (χ3n) is 3.92. The summed E-state index contributed by atoms with van der Waals surface area (Å²) in [5.74, 6) is 0. The highest BCUT2D eigenvalue weighted by Gasteiger charge is 2.27. The smallest absolute Gasteiger partial charge is 0.190 e. The van der Waals surface area contributed by atoms with Crippen molar-refractivity contribution >= 4 is 12.3 Å². The largest absolute Gasteiger partial charge is 0.262 e. The highest BCUT2D eigenvalue weighted by atomic mass is 14.8. The van der Waals surface area contributed by atoms with E-state index in [-0.39, 0.29) is 0 Å². The predicted octanol–water partition coefficient (Wildman–Crippen LogP) is 5.24. The van der Waals surface area contributed by atoms with E-state index in [1.54, 1.807) is 6.21 Å². The number of benzene rings is 3. The summed E-state index contributed by atoms with van der Waals surface area (Å²) in [6, 6.07) is 31.8. The van der Waals surface area contributed by atoms with E-state index in [0.717, 1.165) is 16.7 Å². The van der Waals surface area contributed by atoms with Gasteiger partial charge in [0.15, 0.2) is 5.54 Å². The molecule has 3 aromatic rings. The normalized spacial score (nSPS) is 13.6. The molecule has 0 saturated carbocycles. The van der Waals surface area contributed by atoms with Crippen molar-refractivity contribution < 1.29 is 0 Å². The molecule has 0 saturated heterocycles. The summed E-state index contributed by atoms with van der Waals surface area (Å²) in [7, 11) is 0. The molecule has 0 heterocycles. The van der Waals surface area contributed by atoms with E-state index in [4.69, 9.17) is 0 Å². The standard InChI is InChI=1S/C23H18N2/c24-19-23(22-14-8-3-9-15-22,17-16-20-10-4-1-5-11-20)25-18-21-12-6-2-7-13-21/h1-18H/b17-16-,25-18?. The molecule has 0 bridgehead atoms. The maximum Gasteiger partial charge on any atom is 0.190 e. The Morgan fingerprint density at radius 2 is 1.24 bits per heavy atom. The molecule has 0 aliphatic heterocycles. The molecule has 3 aromatic carbocycles. The Labute approximate surface area is 148 Å². The van der Waals surface area contributed by atoms with Gasteiger partial charge >= 0.3 is 0 Å². The number of nitriles is 1. The lowest BCUT2D eigenvalue weighted by Gasteiger charge is -2.18. The Morgan fingerprint density at radius 1 is 0.720 bits per heavy atom. The van der Waals surface area contributed by atoms with Gasteiger partial charge in [0, 0.05) is 6.21 Å². The first-order valence-corrected chi connectivity index (χ1v) is 8.14. The molecule has 0 aliphatic rings. The van der Waals surface area contributed by atoms with Crippen LogP contribution in [0.5, 0.6) is 0 Å². The van der Waals surface area contributed by atoms with Gasteiger partial charge in [0.25, 0.3) is 0 Å². The zero-order valence-electron chi connectivity index (χ0n) is 13.8. The fraction of sp³-hybridized carbons (Fsp3) is 0.0435. The number of nitrogens with zero attached hydrogens (tertiary/aromatic N) is 2. The van der Waals surface area contributed by atoms with Crippen LogP contribution in [0.2, 0.25) is 0 Å². The van der Waals surface area contributed by atoms with Crippen molar-refractivity contribution in [3.63, 3.8) is 0 Å². The van der Waals surface area contributed by atoms with Crippen molar-refractivity contribution in [2.75, 3.05) is 0 Å². The first-order chi connectivity index (χ1) is 12.3. The number of hydrogen-bond acceptors (Lipinski definition) is 2. The van der Waals surface area contributed by atoms with Crippen LogP contribution in [0.3, 0.4) is 0 Å². The van der Waals surface area contributed by atoms with Crippen LogP contribution >= 0.6 is 0 Å². The highest BCUT2D eigenvalue weighted by molar-refractivity contribution is 5.80. The lowest BCUT2D eigenvalue weighted by Crippen LogP contribution is -2.18. The van der Waals surface area contributed by atoms with Crippen LogP contribution in [0, 0.1) is 11.3 Å². The van der Waals surface area contributed by atoms with Gasteiger partial charge in [-0.1, -0.05) is 97.1 Å². The van der Waals surface area contributed by atoms with Crippen LogP contribution in [-0.4, -0.2) is 6.21 Å². The summed E-state index contributed by atoms with van der Waals surface area (Å²) in [5.41, 5.74) is 1.78. The molecule has 0 spiro atoms. The predicted molar refractivity (Wildman–Crippen MR) is 103 cm³/mol. The molecule has 0 fully saturated rings. The van der Waals surface area contributed by atoms with Gasteiger partial charge in [0.1, 0.15) is 6.07 Å². The summed E-state index contributed by atoms with van der Waals surface area (Å²) in [4.78, 5) is 4.66. The molecule has 2 nitrogen and oxygen atoms in total. The summed E-state index contributed by atoms with van der Waals surface area (Å²) in [6.45, 7) is 0. The Hall–Kier alpha value is -3.44. The Morgan fingerprint density at radius 3 is 1.80 bits per heavy atom. The second kappa shape index (κ2) is 7.90. The monoisotopic (exact) mass is 322 g/mol. The van der Waals surface area contributed by atoms with Crippen molar-refractivity contribution in [1.29, 1.82) is 5.26 Å². The van der Waals surface area contributed by atoms with E-state index in [9.17, 15) is 5.26 Å². The van der Waals surface area contributed by atoms with Gasteiger partial charge in [0.2, 0.25) is 0 Å². The summed E-state index contributed by atoms with van der Waals surface area (Å²) in [5, 5.41) is 9.97. The second-order valence-corrected chi connectivity index (χ2v) is 5.66. The minimum Gasteiger partial charge on any atom is -0.262 e. The number of hydrogen-bond donors (Lipinski definition) is 0. The molecule has 0 N–H and O–H groups in total. The average molecular weight is 322 g/mol. The first kappa shape index (κ1) is 16.4. The summed E-state index contributed by atoms with van der Waals surface area (Å²) in [6.07, 6.45) is 5.56. The maximum absolute atomic E-state index is 9.97. The zero-order chi connectivity index (χ0) is 17.4. The lowest BCUT2D eigenvalue weighted by atomic mass is 9.91. The van der Waals surface area contributed by atoms with Crippen molar-refractivity contribution in [2.45, 2.75) is 5.54 Å². The Balaban J connectivity index is 2.03. The zero-order valence-corrected chi connectivity index (χ0v) is 13.8. The summed E-state index contributed by atoms with van der Waals surface area (Å²) >= 11 is 0. The molecular weight excluding hydrogens is 304 g/mol. The molecule has 3 rings (SSSR count). The van der Waals surface area contributed by atoms with Crippen LogP contribution in [0.15, 0.2) is 102 Å². The second-order valence-electron chi connectivity index (χ2n) is 5.66. The van der Waals surface area contributed by atoms with E-state index < -0.39 is 5.54 Å². The van der Waals surface area contributed by atoms with Crippen molar-refractivity contribution in [3.8, 4) is 6.07 Å². The number of rotatable bonds is 5. The van der Waals surface area contributed by atoms with Crippen LogP contribution in [0.4, 0.5) is 0 Å². The highest BCUT2D eigenvalue weighted by Crippen LogP contribution is 2.28. The maximum atomic E-state index is 9.97. The quantitative estimate of drug-likeness (QED) is 0.592. The van der Waals surface area contributed by atoms with E-state index in [0.29, 0.717) is 0 Å². The van der Waals surface area contributed by atoms with Crippen molar-refractivity contribution in [1.82, 2.24) is 0 Å². The van der Waals surface area contributed by atoms with Crippen LogP contribution in [0.1, 0.15) is 16.7 Å². The van der Waals surface area contributed by atoms with Gasteiger partial charge in [-0.25, -0.2) is 0 Å². The molecule has 0 amide bonds. The molecule has 0 radical (unpaired) electrons. The molecule has 0 aromatic heterocycles. The van der Waals surface area contributed by atoms with E-state index >= 15 is 0 Å². The molecular formula is C23H18N2. The fourth-order valence-electron chi connectivity index (χ4n) is 2.53. The topological polar surface area (TPSA) is 36.1 Å². The lowest BCUT2D eigenvalue weighted by molar-refractivity contribution is 0.740. The van der Waals surface area contributed by atoms with Gasteiger partial charge in [-0.3, -0.25) is 4.99 Å². The van der Waals surface area contributed by atoms with E-state index in [2.05, 4.69) is 11.1 Å². The first-order valence-electron chi connectivity index (χ1n) is 8.14. The Kier molecular flexibility index (Phi) is 5.19. The van der Waals surface area contributed by atoms with Gasteiger partial charge < -0.3 is 0 Å². The summed E-state index contributed by atoms with van der Waals surface area (Å²) < 4.78 is 0. The minimum atomic E-state index is -1.06. The van der Waals surface area contributed by atoms with Crippen LogP contribution in [0.25, 0.3) is 6.08 Å². The number of aliphatic imine (C=N–C) groups is 1. The molecule has 1 atom stereocenters. The van der Waals surface area contributed by atoms with Crippen molar-refractivity contribution in [2.24, 2.45) is 4.99 Å². The van der Waals surface area contributed by atoms with Crippen LogP contribution < -0.4 is 0 Å². The molecule has 25 heavy (non-hydrogen) atoms. The van der Waals surface area contributed by atoms with Crippen molar-refractivity contribution in [3.05, 3.63) is 114 Å². The Bertz CT molecular complexity index is 840. The SMILES string of the molecule is N#CC(/C=C\c1ccccc1)(N=Cc1ccccc1)c1ccccc1. The third kappa shape index (κ3) is 4.10. The van der Waals surface area contributed by atoms with Gasteiger partial charge in [-0.2, -0.15) is 5.26 Å². The van der Waals surface area contributed by atoms with Gasteiger partial charge in [-0.15, -0.1) is 0 Å². The molecule has 1 unspecified atom stereocenters. The third-order valence-corrected chi connectivity index (χ3v) is 3.92. The van der Waals surface area contributed by atoms with Gasteiger partial charge in [-0.05, 0) is 22.8 Å². The minimum absolute atomic E-state index is 0.844. The van der Waals surface area contributed by atoms with Gasteiger partial charge in [0.05, 0.1) is 0 Å². The van der Waals surface area contributed by atoms with E-state index in [1.165, 1.54) is 0 Å². The molecule has 120 valence electrons. The van der Waals surface area contributed by atoms with E-state index in [1.807, 2.05) is 103 Å². The average Bonchev–Trinajstić information content (AvgIpc) is 2.71. The van der Waals surface area contributed by atoms with Crippen LogP contribution in [-0.2, 0) is 5.54 Å². The molecule has 0 aliphatic carbocycles. The molecule has 2 heteroatoms. The fourth-order valence-corrected chi connectivity index (χ4v) is 2.53.